The van der Waals surface area contributed by atoms with Crippen LogP contribution in [0.15, 0.2) is 18.5 Å². The number of rotatable bonds is 3. The average molecular weight is 253 g/mol. The highest BCUT2D eigenvalue weighted by molar-refractivity contribution is 5.55. The zero-order valence-corrected chi connectivity index (χ0v) is 10.8. The average Bonchev–Trinajstić information content (AvgIpc) is 3.08. The molecule has 0 radical (unpaired) electrons. The van der Waals surface area contributed by atoms with Crippen LogP contribution in [0.2, 0.25) is 0 Å². The summed E-state index contributed by atoms with van der Waals surface area (Å²) in [6.07, 6.45) is 6.80. The van der Waals surface area contributed by atoms with Crippen LogP contribution in [-0.4, -0.2) is 15.2 Å². The largest absolute Gasteiger partial charge is 0.362 e. The first kappa shape index (κ1) is 11.7. The molecule has 1 unspecified atom stereocenters. The van der Waals surface area contributed by atoms with Gasteiger partial charge in [-0.05, 0) is 37.8 Å². The summed E-state index contributed by atoms with van der Waals surface area (Å²) < 4.78 is 0. The molecular formula is C14H15N5. The fraction of sp³-hybridized carbons (Fsp3) is 0.357. The molecule has 0 amide bonds. The minimum Gasteiger partial charge on any atom is -0.362 e. The van der Waals surface area contributed by atoms with E-state index in [0.29, 0.717) is 11.4 Å². The van der Waals surface area contributed by atoms with Gasteiger partial charge in [-0.15, -0.1) is 0 Å². The van der Waals surface area contributed by atoms with Gasteiger partial charge in [0.2, 0.25) is 0 Å². The van der Waals surface area contributed by atoms with Crippen molar-refractivity contribution in [1.29, 1.82) is 5.26 Å². The van der Waals surface area contributed by atoms with E-state index in [1.165, 1.54) is 5.56 Å². The third-order valence-corrected chi connectivity index (χ3v) is 3.54. The monoisotopic (exact) mass is 253 g/mol. The van der Waals surface area contributed by atoms with Crippen molar-refractivity contribution >= 4 is 5.82 Å². The number of pyridine rings is 1. The van der Waals surface area contributed by atoms with Gasteiger partial charge in [-0.2, -0.15) is 10.4 Å². The Balaban J connectivity index is 1.90. The van der Waals surface area contributed by atoms with Crippen molar-refractivity contribution in [2.75, 3.05) is 5.32 Å². The normalized spacial score (nSPS) is 14.7. The van der Waals surface area contributed by atoms with E-state index in [4.69, 9.17) is 0 Å². The van der Waals surface area contributed by atoms with E-state index < -0.39 is 0 Å². The van der Waals surface area contributed by atoms with E-state index in [9.17, 15) is 5.26 Å². The first-order valence-electron chi connectivity index (χ1n) is 6.46. The van der Waals surface area contributed by atoms with Crippen molar-refractivity contribution in [3.05, 3.63) is 40.8 Å². The van der Waals surface area contributed by atoms with Gasteiger partial charge in [-0.3, -0.25) is 5.10 Å². The molecule has 0 bridgehead atoms. The van der Waals surface area contributed by atoms with E-state index in [2.05, 4.69) is 26.6 Å². The summed E-state index contributed by atoms with van der Waals surface area (Å²) in [4.78, 5) is 4.61. The standard InChI is InChI=1S/C14H15N5/c1-9(12-7-16-17-8-12)18-14-11(6-15)5-10-3-2-4-13(10)19-14/h5,7-9H,2-4H2,1H3,(H,16,17)(H,18,19). The van der Waals surface area contributed by atoms with E-state index in [-0.39, 0.29) is 6.04 Å². The predicted molar refractivity (Wildman–Crippen MR) is 71.6 cm³/mol. The van der Waals surface area contributed by atoms with Crippen molar-refractivity contribution in [2.45, 2.75) is 32.2 Å². The van der Waals surface area contributed by atoms with E-state index in [1.54, 1.807) is 6.20 Å². The lowest BCUT2D eigenvalue weighted by molar-refractivity contribution is 0.865. The zero-order chi connectivity index (χ0) is 13.2. The highest BCUT2D eigenvalue weighted by Crippen LogP contribution is 2.27. The van der Waals surface area contributed by atoms with E-state index in [0.717, 1.165) is 30.5 Å². The van der Waals surface area contributed by atoms with Gasteiger partial charge >= 0.3 is 0 Å². The van der Waals surface area contributed by atoms with E-state index >= 15 is 0 Å². The molecule has 3 rings (SSSR count). The third kappa shape index (κ3) is 2.17. The second kappa shape index (κ2) is 4.73. The Morgan fingerprint density at radius 2 is 2.37 bits per heavy atom. The third-order valence-electron chi connectivity index (χ3n) is 3.54. The molecule has 0 saturated heterocycles. The quantitative estimate of drug-likeness (QED) is 0.880. The van der Waals surface area contributed by atoms with Gasteiger partial charge in [-0.25, -0.2) is 4.98 Å². The number of anilines is 1. The van der Waals surface area contributed by atoms with Crippen molar-refractivity contribution in [3.63, 3.8) is 0 Å². The van der Waals surface area contributed by atoms with Gasteiger partial charge in [0.25, 0.3) is 0 Å². The molecular weight excluding hydrogens is 238 g/mol. The Hall–Kier alpha value is -2.35. The van der Waals surface area contributed by atoms with Crippen molar-refractivity contribution in [1.82, 2.24) is 15.2 Å². The second-order valence-corrected chi connectivity index (χ2v) is 4.85. The number of nitrogens with zero attached hydrogens (tertiary/aromatic N) is 3. The molecule has 2 aromatic rings. The lowest BCUT2D eigenvalue weighted by Crippen LogP contribution is -2.10. The molecule has 2 aromatic heterocycles. The van der Waals surface area contributed by atoms with Crippen LogP contribution in [0.1, 0.15) is 41.8 Å². The maximum atomic E-state index is 9.24. The fourth-order valence-corrected chi connectivity index (χ4v) is 2.45. The summed E-state index contributed by atoms with van der Waals surface area (Å²) in [5.41, 5.74) is 4.01. The van der Waals surface area contributed by atoms with Crippen LogP contribution in [0.4, 0.5) is 5.82 Å². The molecule has 19 heavy (non-hydrogen) atoms. The van der Waals surface area contributed by atoms with Crippen molar-refractivity contribution < 1.29 is 0 Å². The SMILES string of the molecule is CC(Nc1nc2c(cc1C#N)CCC2)c1cn[nH]c1. The fourth-order valence-electron chi connectivity index (χ4n) is 2.45. The number of hydrogen-bond donors (Lipinski definition) is 2. The summed E-state index contributed by atoms with van der Waals surface area (Å²) >= 11 is 0. The molecule has 2 N–H and O–H groups in total. The summed E-state index contributed by atoms with van der Waals surface area (Å²) in [6, 6.07) is 4.27. The minimum atomic E-state index is 0.0674. The molecule has 96 valence electrons. The first-order valence-corrected chi connectivity index (χ1v) is 6.46. The van der Waals surface area contributed by atoms with Crippen LogP contribution < -0.4 is 5.32 Å². The summed E-state index contributed by atoms with van der Waals surface area (Å²) in [6.45, 7) is 2.03. The van der Waals surface area contributed by atoms with Crippen molar-refractivity contribution in [3.8, 4) is 6.07 Å². The first-order chi connectivity index (χ1) is 9.28. The molecule has 0 aromatic carbocycles. The van der Waals surface area contributed by atoms with Gasteiger partial charge in [0, 0.05) is 17.5 Å². The van der Waals surface area contributed by atoms with Gasteiger partial charge in [0.1, 0.15) is 11.9 Å². The molecule has 1 atom stereocenters. The van der Waals surface area contributed by atoms with Gasteiger partial charge < -0.3 is 5.32 Å². The van der Waals surface area contributed by atoms with Gasteiger partial charge in [-0.1, -0.05) is 0 Å². The maximum absolute atomic E-state index is 9.24. The summed E-state index contributed by atoms with van der Waals surface area (Å²) in [5.74, 6) is 0.678. The Morgan fingerprint density at radius 3 is 3.11 bits per heavy atom. The van der Waals surface area contributed by atoms with Crippen LogP contribution in [0.25, 0.3) is 0 Å². The Bertz CT molecular complexity index is 624. The molecule has 0 aliphatic heterocycles. The molecule has 1 aliphatic rings. The number of aromatic amines is 1. The molecule has 5 heteroatoms. The van der Waals surface area contributed by atoms with Crippen LogP contribution in [0.5, 0.6) is 0 Å². The topological polar surface area (TPSA) is 77.4 Å². The Labute approximate surface area is 111 Å². The molecule has 2 heterocycles. The van der Waals surface area contributed by atoms with Crippen LogP contribution in [0.3, 0.4) is 0 Å². The van der Waals surface area contributed by atoms with Gasteiger partial charge in [0.15, 0.2) is 0 Å². The number of H-pyrrole nitrogens is 1. The Kier molecular flexibility index (Phi) is 2.92. The number of fused-ring (bicyclic) bond motifs is 1. The maximum Gasteiger partial charge on any atom is 0.144 e. The highest BCUT2D eigenvalue weighted by Gasteiger charge is 2.17. The smallest absolute Gasteiger partial charge is 0.144 e. The molecule has 0 fully saturated rings. The number of hydrogen-bond acceptors (Lipinski definition) is 4. The predicted octanol–water partition coefficient (Wildman–Crippen LogP) is 2.34. The van der Waals surface area contributed by atoms with Crippen LogP contribution in [0, 0.1) is 11.3 Å². The Morgan fingerprint density at radius 1 is 1.47 bits per heavy atom. The lowest BCUT2D eigenvalue weighted by Gasteiger charge is -2.15. The summed E-state index contributed by atoms with van der Waals surface area (Å²) in [7, 11) is 0. The van der Waals surface area contributed by atoms with Crippen molar-refractivity contribution in [2.24, 2.45) is 0 Å². The number of aromatic nitrogens is 3. The van der Waals surface area contributed by atoms with Crippen LogP contribution in [-0.2, 0) is 12.8 Å². The molecule has 0 saturated carbocycles. The highest BCUT2D eigenvalue weighted by atomic mass is 15.1. The summed E-state index contributed by atoms with van der Waals surface area (Å²) in [5, 5.41) is 19.3. The molecule has 1 aliphatic carbocycles. The molecule has 0 spiro atoms. The minimum absolute atomic E-state index is 0.0674. The lowest BCUT2D eigenvalue weighted by atomic mass is 10.1. The van der Waals surface area contributed by atoms with Crippen LogP contribution >= 0.6 is 0 Å². The number of aryl methyl sites for hydroxylation is 2. The zero-order valence-electron chi connectivity index (χ0n) is 10.8. The van der Waals surface area contributed by atoms with E-state index in [1.807, 2.05) is 19.2 Å². The number of nitrogens with one attached hydrogen (secondary N) is 2. The second-order valence-electron chi connectivity index (χ2n) is 4.85. The number of nitriles is 1. The molecule has 5 nitrogen and oxygen atoms in total. The van der Waals surface area contributed by atoms with Gasteiger partial charge in [0.05, 0.1) is 17.8 Å².